The minimum absolute atomic E-state index is 0.0353. The van der Waals surface area contributed by atoms with Crippen molar-refractivity contribution in [1.82, 2.24) is 14.7 Å². The van der Waals surface area contributed by atoms with Crippen molar-refractivity contribution in [3.8, 4) is 5.75 Å². The third-order valence-corrected chi connectivity index (χ3v) is 4.47. The van der Waals surface area contributed by atoms with Crippen LogP contribution in [-0.2, 0) is 4.74 Å². The van der Waals surface area contributed by atoms with Crippen LogP contribution in [0.5, 0.6) is 5.75 Å². The molecule has 4 amide bonds. The van der Waals surface area contributed by atoms with E-state index in [4.69, 9.17) is 9.47 Å². The van der Waals surface area contributed by atoms with E-state index in [0.717, 1.165) is 0 Å². The predicted octanol–water partition coefficient (Wildman–Crippen LogP) is 1.30. The number of hydrogen-bond acceptors (Lipinski definition) is 4. The molecule has 25 heavy (non-hydrogen) atoms. The van der Waals surface area contributed by atoms with E-state index < -0.39 is 0 Å². The molecule has 3 rings (SSSR count). The molecule has 2 aliphatic heterocycles. The van der Waals surface area contributed by atoms with Gasteiger partial charge in [0.05, 0.1) is 26.0 Å². The highest BCUT2D eigenvalue weighted by atomic mass is 16.5. The molecular weight excluding hydrogens is 324 g/mol. The maximum absolute atomic E-state index is 12.5. The lowest BCUT2D eigenvalue weighted by Crippen LogP contribution is -2.56. The largest absolute Gasteiger partial charge is 0.495 e. The van der Waals surface area contributed by atoms with E-state index in [9.17, 15) is 9.59 Å². The number of piperazine rings is 1. The maximum atomic E-state index is 12.5. The number of carbonyl (C=O) groups excluding carboxylic acids is 2. The van der Waals surface area contributed by atoms with Crippen LogP contribution in [0.4, 0.5) is 15.3 Å². The second-order valence-corrected chi connectivity index (χ2v) is 5.99. The summed E-state index contributed by atoms with van der Waals surface area (Å²) >= 11 is 0. The molecule has 0 spiro atoms. The van der Waals surface area contributed by atoms with Crippen molar-refractivity contribution in [2.75, 3.05) is 64.9 Å². The van der Waals surface area contributed by atoms with Gasteiger partial charge in [-0.3, -0.25) is 0 Å². The minimum atomic E-state index is -0.178. The minimum Gasteiger partial charge on any atom is -0.495 e. The van der Waals surface area contributed by atoms with Gasteiger partial charge in [-0.05, 0) is 12.1 Å². The highest BCUT2D eigenvalue weighted by Crippen LogP contribution is 2.23. The van der Waals surface area contributed by atoms with Gasteiger partial charge < -0.3 is 29.5 Å². The van der Waals surface area contributed by atoms with Crippen LogP contribution in [0.3, 0.4) is 0 Å². The summed E-state index contributed by atoms with van der Waals surface area (Å²) < 4.78 is 10.5. The third-order valence-electron chi connectivity index (χ3n) is 4.47. The number of para-hydroxylation sites is 2. The predicted molar refractivity (Wildman–Crippen MR) is 92.9 cm³/mol. The van der Waals surface area contributed by atoms with Crippen LogP contribution in [-0.4, -0.2) is 86.4 Å². The first-order chi connectivity index (χ1) is 12.2. The van der Waals surface area contributed by atoms with Crippen molar-refractivity contribution in [3.05, 3.63) is 24.3 Å². The topological polar surface area (TPSA) is 74.4 Å². The van der Waals surface area contributed by atoms with Crippen molar-refractivity contribution in [2.24, 2.45) is 0 Å². The number of nitrogens with zero attached hydrogens (tertiary/aromatic N) is 3. The Morgan fingerprint density at radius 3 is 2.24 bits per heavy atom. The highest BCUT2D eigenvalue weighted by Gasteiger charge is 2.28. The number of amides is 4. The van der Waals surface area contributed by atoms with Gasteiger partial charge >= 0.3 is 12.1 Å². The van der Waals surface area contributed by atoms with Crippen LogP contribution in [0, 0.1) is 0 Å². The zero-order valence-corrected chi connectivity index (χ0v) is 14.4. The number of hydrogen-bond donors (Lipinski definition) is 1. The van der Waals surface area contributed by atoms with Gasteiger partial charge in [0.1, 0.15) is 5.75 Å². The number of urea groups is 2. The van der Waals surface area contributed by atoms with Crippen molar-refractivity contribution in [1.29, 1.82) is 0 Å². The monoisotopic (exact) mass is 348 g/mol. The quantitative estimate of drug-likeness (QED) is 0.874. The number of methoxy groups -OCH3 is 1. The van der Waals surface area contributed by atoms with Crippen LogP contribution < -0.4 is 10.1 Å². The Morgan fingerprint density at radius 1 is 0.960 bits per heavy atom. The molecule has 1 aromatic rings. The summed E-state index contributed by atoms with van der Waals surface area (Å²) in [5.41, 5.74) is 0.641. The van der Waals surface area contributed by atoms with Crippen molar-refractivity contribution < 1.29 is 19.1 Å². The molecule has 1 N–H and O–H groups in total. The summed E-state index contributed by atoms with van der Waals surface area (Å²) in [5, 5.41) is 2.87. The smallest absolute Gasteiger partial charge is 0.322 e. The molecule has 2 aliphatic rings. The van der Waals surface area contributed by atoms with Crippen molar-refractivity contribution in [3.63, 3.8) is 0 Å². The lowest BCUT2D eigenvalue weighted by molar-refractivity contribution is 0.0394. The fraction of sp³-hybridized carbons (Fsp3) is 0.529. The molecule has 136 valence electrons. The van der Waals surface area contributed by atoms with Gasteiger partial charge in [0, 0.05) is 39.3 Å². The van der Waals surface area contributed by atoms with Crippen LogP contribution in [0.25, 0.3) is 0 Å². The number of benzene rings is 1. The Morgan fingerprint density at radius 2 is 1.56 bits per heavy atom. The lowest BCUT2D eigenvalue weighted by atomic mass is 10.3. The van der Waals surface area contributed by atoms with E-state index in [1.807, 2.05) is 17.0 Å². The second kappa shape index (κ2) is 8.06. The van der Waals surface area contributed by atoms with Gasteiger partial charge in [-0.25, -0.2) is 9.59 Å². The average molecular weight is 348 g/mol. The molecule has 0 atom stereocenters. The zero-order chi connectivity index (χ0) is 17.6. The van der Waals surface area contributed by atoms with Gasteiger partial charge in [0.15, 0.2) is 0 Å². The van der Waals surface area contributed by atoms with E-state index in [0.29, 0.717) is 63.9 Å². The standard InChI is InChI=1S/C17H24N4O4/c1-24-15-5-3-2-4-14(15)18-16(22)19-6-8-20(9-7-19)17(23)21-10-12-25-13-11-21/h2-5H,6-13H2,1H3,(H,18,22). The van der Waals surface area contributed by atoms with Crippen LogP contribution in [0.1, 0.15) is 0 Å². The number of rotatable bonds is 2. The molecule has 2 saturated heterocycles. The average Bonchev–Trinajstić information content (AvgIpc) is 2.68. The van der Waals surface area contributed by atoms with Crippen LogP contribution >= 0.6 is 0 Å². The van der Waals surface area contributed by atoms with Gasteiger partial charge in [-0.15, -0.1) is 0 Å². The molecule has 2 fully saturated rings. The van der Waals surface area contributed by atoms with Crippen LogP contribution in [0.2, 0.25) is 0 Å². The molecule has 8 nitrogen and oxygen atoms in total. The first-order valence-corrected chi connectivity index (χ1v) is 8.49. The number of morpholine rings is 1. The summed E-state index contributed by atoms with van der Waals surface area (Å²) in [4.78, 5) is 30.2. The molecule has 0 bridgehead atoms. The lowest BCUT2D eigenvalue weighted by Gasteiger charge is -2.38. The Kier molecular flexibility index (Phi) is 5.60. The third kappa shape index (κ3) is 4.14. The zero-order valence-electron chi connectivity index (χ0n) is 14.4. The van der Waals surface area contributed by atoms with E-state index >= 15 is 0 Å². The summed E-state index contributed by atoms with van der Waals surface area (Å²) in [6.45, 7) is 4.54. The second-order valence-electron chi connectivity index (χ2n) is 5.99. The molecule has 0 radical (unpaired) electrons. The summed E-state index contributed by atoms with van der Waals surface area (Å²) in [5.74, 6) is 0.622. The Hall–Kier alpha value is -2.48. The number of nitrogens with one attached hydrogen (secondary N) is 1. The van der Waals surface area contributed by atoms with Crippen molar-refractivity contribution >= 4 is 17.7 Å². The molecule has 0 aliphatic carbocycles. The molecule has 8 heteroatoms. The Balaban J connectivity index is 1.51. The van der Waals surface area contributed by atoms with E-state index in [1.54, 1.807) is 29.0 Å². The summed E-state index contributed by atoms with van der Waals surface area (Å²) in [6, 6.07) is 7.15. The Labute approximate surface area is 147 Å². The van der Waals surface area contributed by atoms with Crippen LogP contribution in [0.15, 0.2) is 24.3 Å². The molecule has 0 aromatic heterocycles. The highest BCUT2D eigenvalue weighted by molar-refractivity contribution is 5.91. The van der Waals surface area contributed by atoms with E-state index in [-0.39, 0.29) is 12.1 Å². The normalized spacial score (nSPS) is 18.0. The molecule has 0 unspecified atom stereocenters. The van der Waals surface area contributed by atoms with Gasteiger partial charge in [0.2, 0.25) is 0 Å². The van der Waals surface area contributed by atoms with E-state index in [1.165, 1.54) is 0 Å². The number of carbonyl (C=O) groups is 2. The fourth-order valence-corrected chi connectivity index (χ4v) is 3.00. The van der Waals surface area contributed by atoms with Gasteiger partial charge in [0.25, 0.3) is 0 Å². The summed E-state index contributed by atoms with van der Waals surface area (Å²) in [6.07, 6.45) is 0. The van der Waals surface area contributed by atoms with Gasteiger partial charge in [-0.1, -0.05) is 12.1 Å². The molecule has 0 saturated carbocycles. The van der Waals surface area contributed by atoms with Crippen molar-refractivity contribution in [2.45, 2.75) is 0 Å². The first kappa shape index (κ1) is 17.3. The Bertz CT molecular complexity index is 610. The SMILES string of the molecule is COc1ccccc1NC(=O)N1CCN(C(=O)N2CCOCC2)CC1. The molecule has 1 aromatic carbocycles. The maximum Gasteiger partial charge on any atom is 0.322 e. The molecule has 2 heterocycles. The number of ether oxygens (including phenoxy) is 2. The number of anilines is 1. The van der Waals surface area contributed by atoms with Gasteiger partial charge in [-0.2, -0.15) is 0 Å². The summed E-state index contributed by atoms with van der Waals surface area (Å²) in [7, 11) is 1.57. The first-order valence-electron chi connectivity index (χ1n) is 8.49. The molecular formula is C17H24N4O4. The van der Waals surface area contributed by atoms with E-state index in [2.05, 4.69) is 5.32 Å². The fourth-order valence-electron chi connectivity index (χ4n) is 3.00.